The molecule has 0 saturated heterocycles. The predicted octanol–water partition coefficient (Wildman–Crippen LogP) is 3.65. The number of hydrogen-bond acceptors (Lipinski definition) is 2. The molecule has 2 nitrogen and oxygen atoms in total. The van der Waals surface area contributed by atoms with E-state index in [9.17, 15) is 4.39 Å². The SMILES string of the molecule is CCOc1cccc(OCC(C)(C)C)c1F. The fourth-order valence-corrected chi connectivity index (χ4v) is 1.16. The smallest absolute Gasteiger partial charge is 0.206 e. The highest BCUT2D eigenvalue weighted by Gasteiger charge is 2.15. The molecule has 0 N–H and O–H groups in total. The van der Waals surface area contributed by atoms with Gasteiger partial charge < -0.3 is 9.47 Å². The number of ether oxygens (including phenoxy) is 2. The van der Waals surface area contributed by atoms with Crippen molar-refractivity contribution in [2.75, 3.05) is 13.2 Å². The van der Waals surface area contributed by atoms with Gasteiger partial charge in [-0.05, 0) is 24.5 Å². The Morgan fingerprint density at radius 2 is 1.69 bits per heavy atom. The zero-order valence-corrected chi connectivity index (χ0v) is 10.3. The van der Waals surface area contributed by atoms with Gasteiger partial charge in [0.25, 0.3) is 0 Å². The van der Waals surface area contributed by atoms with Crippen LogP contribution in [-0.4, -0.2) is 13.2 Å². The van der Waals surface area contributed by atoms with E-state index in [2.05, 4.69) is 0 Å². The summed E-state index contributed by atoms with van der Waals surface area (Å²) in [6.45, 7) is 8.85. The van der Waals surface area contributed by atoms with Gasteiger partial charge in [-0.2, -0.15) is 4.39 Å². The Morgan fingerprint density at radius 3 is 2.19 bits per heavy atom. The quantitative estimate of drug-likeness (QED) is 0.780. The lowest BCUT2D eigenvalue weighted by atomic mass is 9.99. The van der Waals surface area contributed by atoms with Gasteiger partial charge in [0.2, 0.25) is 5.82 Å². The van der Waals surface area contributed by atoms with E-state index >= 15 is 0 Å². The largest absolute Gasteiger partial charge is 0.491 e. The molecule has 0 aliphatic rings. The molecule has 1 rings (SSSR count). The van der Waals surface area contributed by atoms with Crippen molar-refractivity contribution < 1.29 is 13.9 Å². The van der Waals surface area contributed by atoms with E-state index in [0.717, 1.165) is 0 Å². The lowest BCUT2D eigenvalue weighted by Gasteiger charge is -2.19. The Labute approximate surface area is 96.4 Å². The summed E-state index contributed by atoms with van der Waals surface area (Å²) in [5.41, 5.74) is 0.00799. The Morgan fingerprint density at radius 1 is 1.12 bits per heavy atom. The van der Waals surface area contributed by atoms with E-state index in [4.69, 9.17) is 9.47 Å². The molecule has 0 spiro atoms. The van der Waals surface area contributed by atoms with Gasteiger partial charge in [0.1, 0.15) is 0 Å². The highest BCUT2D eigenvalue weighted by atomic mass is 19.1. The summed E-state index contributed by atoms with van der Waals surface area (Å²) in [6.07, 6.45) is 0. The van der Waals surface area contributed by atoms with Gasteiger partial charge in [0.05, 0.1) is 13.2 Å². The first-order valence-corrected chi connectivity index (χ1v) is 5.48. The number of rotatable bonds is 4. The van der Waals surface area contributed by atoms with Crippen LogP contribution in [0.5, 0.6) is 11.5 Å². The Kier molecular flexibility index (Phi) is 4.16. The van der Waals surface area contributed by atoms with E-state index in [1.54, 1.807) is 18.2 Å². The van der Waals surface area contributed by atoms with Gasteiger partial charge in [0, 0.05) is 0 Å². The van der Waals surface area contributed by atoms with Gasteiger partial charge >= 0.3 is 0 Å². The first kappa shape index (κ1) is 12.8. The van der Waals surface area contributed by atoms with Crippen LogP contribution in [0.25, 0.3) is 0 Å². The van der Waals surface area contributed by atoms with Crippen molar-refractivity contribution in [2.24, 2.45) is 5.41 Å². The van der Waals surface area contributed by atoms with Crippen LogP contribution in [-0.2, 0) is 0 Å². The van der Waals surface area contributed by atoms with Crippen LogP contribution in [0.4, 0.5) is 4.39 Å². The number of benzene rings is 1. The minimum absolute atomic E-state index is 0.00799. The van der Waals surface area contributed by atoms with Gasteiger partial charge in [-0.25, -0.2) is 0 Å². The Hall–Kier alpha value is -1.25. The zero-order chi connectivity index (χ0) is 12.2. The van der Waals surface area contributed by atoms with E-state index in [1.165, 1.54) is 0 Å². The average Bonchev–Trinajstić information content (AvgIpc) is 2.18. The van der Waals surface area contributed by atoms with Crippen LogP contribution in [0.2, 0.25) is 0 Å². The molecule has 3 heteroatoms. The number of hydrogen-bond donors (Lipinski definition) is 0. The molecule has 0 aliphatic heterocycles. The standard InChI is InChI=1S/C13H19FO2/c1-5-15-10-7-6-8-11(12(10)14)16-9-13(2,3)4/h6-8H,5,9H2,1-4H3. The maximum Gasteiger partial charge on any atom is 0.206 e. The van der Waals surface area contributed by atoms with E-state index in [0.29, 0.717) is 13.2 Å². The summed E-state index contributed by atoms with van der Waals surface area (Å²) >= 11 is 0. The molecule has 1 aromatic rings. The van der Waals surface area contributed by atoms with Crippen molar-refractivity contribution in [2.45, 2.75) is 27.7 Å². The van der Waals surface area contributed by atoms with Crippen molar-refractivity contribution in [3.05, 3.63) is 24.0 Å². The van der Waals surface area contributed by atoms with Crippen molar-refractivity contribution in [1.82, 2.24) is 0 Å². The lowest BCUT2D eigenvalue weighted by Crippen LogP contribution is -2.17. The van der Waals surface area contributed by atoms with Crippen LogP contribution in [0.15, 0.2) is 18.2 Å². The Bertz CT molecular complexity index is 342. The molecule has 16 heavy (non-hydrogen) atoms. The molecule has 0 atom stereocenters. The average molecular weight is 226 g/mol. The fourth-order valence-electron chi connectivity index (χ4n) is 1.16. The Balaban J connectivity index is 2.77. The third kappa shape index (κ3) is 3.72. The summed E-state index contributed by atoms with van der Waals surface area (Å²) in [4.78, 5) is 0. The van der Waals surface area contributed by atoms with E-state index in [-0.39, 0.29) is 16.9 Å². The molecule has 0 saturated carbocycles. The molecule has 0 unspecified atom stereocenters. The minimum atomic E-state index is -0.423. The molecular formula is C13H19FO2. The topological polar surface area (TPSA) is 18.5 Å². The second kappa shape index (κ2) is 5.19. The van der Waals surface area contributed by atoms with Crippen LogP contribution in [0, 0.1) is 11.2 Å². The van der Waals surface area contributed by atoms with Crippen molar-refractivity contribution in [1.29, 1.82) is 0 Å². The van der Waals surface area contributed by atoms with Crippen molar-refractivity contribution in [3.8, 4) is 11.5 Å². The predicted molar refractivity (Wildman–Crippen MR) is 62.5 cm³/mol. The molecule has 0 radical (unpaired) electrons. The molecule has 0 fully saturated rings. The van der Waals surface area contributed by atoms with Gasteiger partial charge in [-0.15, -0.1) is 0 Å². The minimum Gasteiger partial charge on any atom is -0.491 e. The lowest BCUT2D eigenvalue weighted by molar-refractivity contribution is 0.188. The molecule has 0 bridgehead atoms. The number of halogens is 1. The second-order valence-corrected chi connectivity index (χ2v) is 4.85. The van der Waals surface area contributed by atoms with Crippen LogP contribution >= 0.6 is 0 Å². The highest BCUT2D eigenvalue weighted by molar-refractivity contribution is 5.35. The normalized spacial score (nSPS) is 11.3. The van der Waals surface area contributed by atoms with Crippen LogP contribution < -0.4 is 9.47 Å². The maximum absolute atomic E-state index is 13.8. The van der Waals surface area contributed by atoms with Gasteiger partial charge in [-0.3, -0.25) is 0 Å². The molecule has 0 heterocycles. The molecule has 1 aromatic carbocycles. The zero-order valence-electron chi connectivity index (χ0n) is 10.3. The summed E-state index contributed by atoms with van der Waals surface area (Å²) in [6, 6.07) is 4.94. The maximum atomic E-state index is 13.8. The fraction of sp³-hybridized carbons (Fsp3) is 0.538. The first-order valence-electron chi connectivity index (χ1n) is 5.48. The van der Waals surface area contributed by atoms with Crippen molar-refractivity contribution >= 4 is 0 Å². The third-order valence-corrected chi connectivity index (χ3v) is 1.89. The van der Waals surface area contributed by atoms with Gasteiger partial charge in [0.15, 0.2) is 11.5 Å². The summed E-state index contributed by atoms with van der Waals surface area (Å²) in [5.74, 6) is 0.0726. The summed E-state index contributed by atoms with van der Waals surface area (Å²) < 4.78 is 24.4. The highest BCUT2D eigenvalue weighted by Crippen LogP contribution is 2.27. The molecule has 0 amide bonds. The molecule has 0 aromatic heterocycles. The summed E-state index contributed by atoms with van der Waals surface area (Å²) in [5, 5.41) is 0. The first-order chi connectivity index (χ1) is 7.44. The van der Waals surface area contributed by atoms with Gasteiger partial charge in [-0.1, -0.05) is 26.8 Å². The monoisotopic (exact) mass is 226 g/mol. The third-order valence-electron chi connectivity index (χ3n) is 1.89. The second-order valence-electron chi connectivity index (χ2n) is 4.85. The molecule has 90 valence electrons. The molecular weight excluding hydrogens is 207 g/mol. The van der Waals surface area contributed by atoms with Crippen LogP contribution in [0.1, 0.15) is 27.7 Å². The van der Waals surface area contributed by atoms with Crippen molar-refractivity contribution in [3.63, 3.8) is 0 Å². The van der Waals surface area contributed by atoms with E-state index in [1.807, 2.05) is 27.7 Å². The van der Waals surface area contributed by atoms with E-state index < -0.39 is 5.82 Å². The molecule has 0 aliphatic carbocycles. The summed E-state index contributed by atoms with van der Waals surface area (Å²) in [7, 11) is 0. The van der Waals surface area contributed by atoms with Crippen LogP contribution in [0.3, 0.4) is 0 Å².